The summed E-state index contributed by atoms with van der Waals surface area (Å²) in [5, 5.41) is 11.7. The van der Waals surface area contributed by atoms with Crippen LogP contribution in [0.2, 0.25) is 0 Å². The second kappa shape index (κ2) is 7.22. The molecule has 5 nitrogen and oxygen atoms in total. The molecule has 0 bridgehead atoms. The van der Waals surface area contributed by atoms with Gasteiger partial charge < -0.3 is 16.2 Å². The number of benzene rings is 1. The lowest BCUT2D eigenvalue weighted by atomic mass is 9.86. The zero-order valence-corrected chi connectivity index (χ0v) is 12.8. The number of nitrogens with two attached hydrogens (primary N) is 1. The molecule has 5 heteroatoms. The molecule has 0 aliphatic rings. The van der Waals surface area contributed by atoms with E-state index < -0.39 is 29.4 Å². The Labute approximate surface area is 125 Å². The van der Waals surface area contributed by atoms with Gasteiger partial charge in [0.15, 0.2) is 0 Å². The molecule has 0 aliphatic heterocycles. The highest BCUT2D eigenvalue weighted by Crippen LogP contribution is 2.19. The molecule has 1 amide bonds. The standard InChI is InChI=1S/C16H24N2O3/c1-16(2,3)13(15(20)21)18-14(19)12(17)10-9-11-7-5-4-6-8-11/h4-8,12-13H,9-10,17H2,1-3H3,(H,18,19)(H,20,21)/t12-,13+/m0/s1. The van der Waals surface area contributed by atoms with Crippen molar-refractivity contribution in [2.75, 3.05) is 0 Å². The van der Waals surface area contributed by atoms with E-state index in [1.807, 2.05) is 30.3 Å². The maximum Gasteiger partial charge on any atom is 0.326 e. The zero-order chi connectivity index (χ0) is 16.0. The number of carbonyl (C=O) groups excluding carboxylic acids is 1. The smallest absolute Gasteiger partial charge is 0.326 e. The molecule has 0 saturated carbocycles. The number of aryl methyl sites for hydroxylation is 1. The number of hydrogen-bond donors (Lipinski definition) is 3. The summed E-state index contributed by atoms with van der Waals surface area (Å²) in [4.78, 5) is 23.3. The number of carbonyl (C=O) groups is 2. The molecule has 116 valence electrons. The van der Waals surface area contributed by atoms with E-state index in [4.69, 9.17) is 5.73 Å². The van der Waals surface area contributed by atoms with E-state index in [1.54, 1.807) is 20.8 Å². The number of amides is 1. The molecule has 0 saturated heterocycles. The summed E-state index contributed by atoms with van der Waals surface area (Å²) in [5.41, 5.74) is 6.39. The van der Waals surface area contributed by atoms with Crippen molar-refractivity contribution in [3.8, 4) is 0 Å². The van der Waals surface area contributed by atoms with Crippen LogP contribution in [0.25, 0.3) is 0 Å². The van der Waals surface area contributed by atoms with E-state index in [1.165, 1.54) is 0 Å². The number of aliphatic carboxylic acids is 1. The molecular weight excluding hydrogens is 268 g/mol. The quantitative estimate of drug-likeness (QED) is 0.742. The maximum absolute atomic E-state index is 12.0. The van der Waals surface area contributed by atoms with Gasteiger partial charge in [-0.15, -0.1) is 0 Å². The molecule has 0 fully saturated rings. The highest BCUT2D eigenvalue weighted by molar-refractivity contribution is 5.87. The van der Waals surface area contributed by atoms with Gasteiger partial charge in [0.2, 0.25) is 5.91 Å². The minimum atomic E-state index is -1.05. The van der Waals surface area contributed by atoms with Crippen LogP contribution in [0.4, 0.5) is 0 Å². The first kappa shape index (κ1) is 17.2. The molecule has 0 unspecified atom stereocenters. The largest absolute Gasteiger partial charge is 0.480 e. The van der Waals surface area contributed by atoms with Gasteiger partial charge in [0.05, 0.1) is 6.04 Å². The van der Waals surface area contributed by atoms with Crippen molar-refractivity contribution in [1.82, 2.24) is 5.32 Å². The van der Waals surface area contributed by atoms with Crippen molar-refractivity contribution in [3.05, 3.63) is 35.9 Å². The fourth-order valence-corrected chi connectivity index (χ4v) is 2.00. The molecule has 1 rings (SSSR count). The van der Waals surface area contributed by atoms with Crippen molar-refractivity contribution in [1.29, 1.82) is 0 Å². The monoisotopic (exact) mass is 292 g/mol. The van der Waals surface area contributed by atoms with Crippen molar-refractivity contribution >= 4 is 11.9 Å². The average Bonchev–Trinajstić information content (AvgIpc) is 2.41. The Morgan fingerprint density at radius 3 is 2.29 bits per heavy atom. The first-order valence-corrected chi connectivity index (χ1v) is 7.04. The van der Waals surface area contributed by atoms with Crippen LogP contribution in [0.3, 0.4) is 0 Å². The Morgan fingerprint density at radius 2 is 1.81 bits per heavy atom. The second-order valence-corrected chi connectivity index (χ2v) is 6.28. The van der Waals surface area contributed by atoms with Crippen LogP contribution < -0.4 is 11.1 Å². The number of carboxylic acid groups (broad SMARTS) is 1. The molecular formula is C16H24N2O3. The Bertz CT molecular complexity index is 480. The number of nitrogens with one attached hydrogen (secondary N) is 1. The Kier molecular flexibility index (Phi) is 5.90. The molecule has 1 aromatic carbocycles. The third-order valence-electron chi connectivity index (χ3n) is 3.32. The molecule has 0 spiro atoms. The fourth-order valence-electron chi connectivity index (χ4n) is 2.00. The normalized spacial score (nSPS) is 14.3. The van der Waals surface area contributed by atoms with Crippen LogP contribution in [-0.4, -0.2) is 29.1 Å². The van der Waals surface area contributed by atoms with E-state index in [0.29, 0.717) is 12.8 Å². The summed E-state index contributed by atoms with van der Waals surface area (Å²) >= 11 is 0. The van der Waals surface area contributed by atoms with Crippen LogP contribution in [0.1, 0.15) is 32.8 Å². The predicted octanol–water partition coefficient (Wildman–Crippen LogP) is 1.56. The van der Waals surface area contributed by atoms with Crippen LogP contribution in [0.15, 0.2) is 30.3 Å². The number of hydrogen-bond acceptors (Lipinski definition) is 3. The first-order chi connectivity index (χ1) is 9.71. The van der Waals surface area contributed by atoms with Crippen LogP contribution in [0, 0.1) is 5.41 Å². The summed E-state index contributed by atoms with van der Waals surface area (Å²) in [7, 11) is 0. The number of carboxylic acids is 1. The topological polar surface area (TPSA) is 92.4 Å². The number of rotatable bonds is 6. The van der Waals surface area contributed by atoms with Gasteiger partial charge in [0, 0.05) is 0 Å². The average molecular weight is 292 g/mol. The van der Waals surface area contributed by atoms with Gasteiger partial charge in [-0.3, -0.25) is 4.79 Å². The summed E-state index contributed by atoms with van der Waals surface area (Å²) in [5.74, 6) is -1.47. The molecule has 4 N–H and O–H groups in total. The van der Waals surface area contributed by atoms with Crippen LogP contribution in [-0.2, 0) is 16.0 Å². The van der Waals surface area contributed by atoms with E-state index in [-0.39, 0.29) is 0 Å². The zero-order valence-electron chi connectivity index (χ0n) is 12.8. The van der Waals surface area contributed by atoms with Crippen molar-refractivity contribution in [3.63, 3.8) is 0 Å². The fraction of sp³-hybridized carbons (Fsp3) is 0.500. The Hall–Kier alpha value is -1.88. The summed E-state index contributed by atoms with van der Waals surface area (Å²) in [6.07, 6.45) is 1.16. The lowest BCUT2D eigenvalue weighted by Gasteiger charge is -2.28. The van der Waals surface area contributed by atoms with E-state index in [0.717, 1.165) is 5.56 Å². The molecule has 0 aliphatic carbocycles. The molecule has 21 heavy (non-hydrogen) atoms. The van der Waals surface area contributed by atoms with Gasteiger partial charge in [-0.25, -0.2) is 4.79 Å². The second-order valence-electron chi connectivity index (χ2n) is 6.28. The lowest BCUT2D eigenvalue weighted by Crippen LogP contribution is -2.53. The van der Waals surface area contributed by atoms with Gasteiger partial charge >= 0.3 is 5.97 Å². The van der Waals surface area contributed by atoms with Crippen molar-refractivity contribution < 1.29 is 14.7 Å². The Balaban J connectivity index is 2.56. The van der Waals surface area contributed by atoms with Gasteiger partial charge in [-0.05, 0) is 23.8 Å². The highest BCUT2D eigenvalue weighted by Gasteiger charge is 2.33. The molecule has 0 aromatic heterocycles. The third-order valence-corrected chi connectivity index (χ3v) is 3.32. The third kappa shape index (κ3) is 5.55. The van der Waals surface area contributed by atoms with Gasteiger partial charge in [0.25, 0.3) is 0 Å². The van der Waals surface area contributed by atoms with E-state index in [2.05, 4.69) is 5.32 Å². The van der Waals surface area contributed by atoms with Crippen molar-refractivity contribution in [2.24, 2.45) is 11.1 Å². The van der Waals surface area contributed by atoms with Gasteiger partial charge in [-0.2, -0.15) is 0 Å². The predicted molar refractivity (Wildman–Crippen MR) is 81.8 cm³/mol. The minimum Gasteiger partial charge on any atom is -0.480 e. The van der Waals surface area contributed by atoms with Gasteiger partial charge in [0.1, 0.15) is 6.04 Å². The lowest BCUT2D eigenvalue weighted by molar-refractivity contribution is -0.145. The van der Waals surface area contributed by atoms with E-state index in [9.17, 15) is 14.7 Å². The molecule has 0 radical (unpaired) electrons. The first-order valence-electron chi connectivity index (χ1n) is 7.04. The van der Waals surface area contributed by atoms with E-state index >= 15 is 0 Å². The Morgan fingerprint density at radius 1 is 1.24 bits per heavy atom. The minimum absolute atomic E-state index is 0.423. The van der Waals surface area contributed by atoms with Crippen LogP contribution >= 0.6 is 0 Å². The molecule has 1 aromatic rings. The van der Waals surface area contributed by atoms with Crippen LogP contribution in [0.5, 0.6) is 0 Å². The SMILES string of the molecule is CC(C)(C)[C@H](NC(=O)[C@@H](N)CCc1ccccc1)C(=O)O. The summed E-state index contributed by atoms with van der Waals surface area (Å²) in [6, 6.07) is 8.07. The summed E-state index contributed by atoms with van der Waals surface area (Å²) < 4.78 is 0. The van der Waals surface area contributed by atoms with Gasteiger partial charge in [-0.1, -0.05) is 51.1 Å². The highest BCUT2D eigenvalue weighted by atomic mass is 16.4. The maximum atomic E-state index is 12.0. The molecule has 0 heterocycles. The summed E-state index contributed by atoms with van der Waals surface area (Å²) in [6.45, 7) is 5.30. The molecule has 2 atom stereocenters. The van der Waals surface area contributed by atoms with Crippen molar-refractivity contribution in [2.45, 2.75) is 45.7 Å².